The molecule has 2 aromatic rings. The number of piperazine rings is 1. The molecule has 3 amide bonds. The standard InChI is InChI=1S/C27H31F3N4O3/c1-3-31(4-2)22-18-23(35)34(25(22)36)24(19-9-6-5-7-10-19)26(37)33-15-13-32(14-16-33)21-12-8-11-20(17-21)27(28,29)30/h5-12,17,22,24H,3-4,13-16,18H2,1-2H3. The minimum atomic E-state index is -4.44. The summed E-state index contributed by atoms with van der Waals surface area (Å²) in [7, 11) is 0. The minimum Gasteiger partial charge on any atom is -0.368 e. The molecule has 2 fully saturated rings. The molecule has 7 nitrogen and oxygen atoms in total. The molecular formula is C27H31F3N4O3. The topological polar surface area (TPSA) is 64.2 Å². The first kappa shape index (κ1) is 26.7. The number of likely N-dealkylation sites (tertiary alicyclic amines) is 1. The van der Waals surface area contributed by atoms with E-state index in [1.165, 1.54) is 6.07 Å². The Bertz CT molecular complexity index is 1130. The maximum atomic E-state index is 13.8. The number of hydrogen-bond acceptors (Lipinski definition) is 5. The Balaban J connectivity index is 1.54. The van der Waals surface area contributed by atoms with Crippen molar-refractivity contribution in [2.45, 2.75) is 38.5 Å². The van der Waals surface area contributed by atoms with E-state index >= 15 is 0 Å². The summed E-state index contributed by atoms with van der Waals surface area (Å²) >= 11 is 0. The van der Waals surface area contributed by atoms with Gasteiger partial charge >= 0.3 is 6.18 Å². The molecule has 198 valence electrons. The van der Waals surface area contributed by atoms with E-state index in [0.29, 0.717) is 37.4 Å². The van der Waals surface area contributed by atoms with Crippen molar-refractivity contribution in [3.05, 3.63) is 65.7 Å². The maximum absolute atomic E-state index is 13.8. The van der Waals surface area contributed by atoms with Crippen LogP contribution in [0.2, 0.25) is 0 Å². The van der Waals surface area contributed by atoms with Gasteiger partial charge in [0.2, 0.25) is 11.8 Å². The second-order valence-electron chi connectivity index (χ2n) is 9.22. The van der Waals surface area contributed by atoms with Crippen molar-refractivity contribution in [2.24, 2.45) is 0 Å². The highest BCUT2D eigenvalue weighted by molar-refractivity contribution is 6.08. The largest absolute Gasteiger partial charge is 0.416 e. The summed E-state index contributed by atoms with van der Waals surface area (Å²) in [5, 5.41) is 0. The molecule has 2 saturated heterocycles. The van der Waals surface area contributed by atoms with E-state index in [9.17, 15) is 27.6 Å². The first-order valence-electron chi connectivity index (χ1n) is 12.5. The molecule has 0 bridgehead atoms. The fourth-order valence-corrected chi connectivity index (χ4v) is 5.13. The van der Waals surface area contributed by atoms with Gasteiger partial charge in [0.25, 0.3) is 5.91 Å². The summed E-state index contributed by atoms with van der Waals surface area (Å²) in [6, 6.07) is 12.2. The first-order chi connectivity index (χ1) is 17.7. The Morgan fingerprint density at radius 3 is 2.22 bits per heavy atom. The Morgan fingerprint density at radius 1 is 0.973 bits per heavy atom. The molecule has 2 aliphatic heterocycles. The Kier molecular flexibility index (Phi) is 7.87. The number of halogens is 3. The number of hydrogen-bond donors (Lipinski definition) is 0. The van der Waals surface area contributed by atoms with Gasteiger partial charge in [0, 0.05) is 31.9 Å². The molecule has 2 heterocycles. The number of rotatable bonds is 7. The van der Waals surface area contributed by atoms with Crippen LogP contribution in [-0.4, -0.2) is 77.7 Å². The summed E-state index contributed by atoms with van der Waals surface area (Å²) in [6.07, 6.45) is -4.41. The number of benzene rings is 2. The number of anilines is 1. The van der Waals surface area contributed by atoms with Gasteiger partial charge in [0.15, 0.2) is 0 Å². The number of amides is 3. The van der Waals surface area contributed by atoms with Crippen LogP contribution in [0.5, 0.6) is 0 Å². The summed E-state index contributed by atoms with van der Waals surface area (Å²) < 4.78 is 39.5. The highest BCUT2D eigenvalue weighted by Crippen LogP contribution is 2.33. The molecule has 0 saturated carbocycles. The number of likely N-dealkylation sites (N-methyl/N-ethyl adjacent to an activating group) is 1. The van der Waals surface area contributed by atoms with Crippen LogP contribution in [0, 0.1) is 0 Å². The van der Waals surface area contributed by atoms with Gasteiger partial charge in [-0.1, -0.05) is 50.2 Å². The molecule has 2 unspecified atom stereocenters. The predicted octanol–water partition coefficient (Wildman–Crippen LogP) is 3.56. The van der Waals surface area contributed by atoms with Crippen LogP contribution in [0.4, 0.5) is 18.9 Å². The zero-order chi connectivity index (χ0) is 26.7. The number of alkyl halides is 3. The van der Waals surface area contributed by atoms with Crippen molar-refractivity contribution in [1.82, 2.24) is 14.7 Å². The number of carbonyl (C=O) groups is 3. The summed E-state index contributed by atoms with van der Waals surface area (Å²) in [5.74, 6) is -1.12. The SMILES string of the molecule is CCN(CC)C1CC(=O)N(C(C(=O)N2CCN(c3cccc(C(F)(F)F)c3)CC2)c2ccccc2)C1=O. The molecule has 0 spiro atoms. The van der Waals surface area contributed by atoms with Crippen molar-refractivity contribution < 1.29 is 27.6 Å². The van der Waals surface area contributed by atoms with E-state index in [2.05, 4.69) is 0 Å². The van der Waals surface area contributed by atoms with E-state index in [-0.39, 0.29) is 37.2 Å². The highest BCUT2D eigenvalue weighted by atomic mass is 19.4. The van der Waals surface area contributed by atoms with E-state index in [0.717, 1.165) is 17.0 Å². The first-order valence-corrected chi connectivity index (χ1v) is 12.5. The van der Waals surface area contributed by atoms with E-state index in [1.807, 2.05) is 18.7 Å². The summed E-state index contributed by atoms with van der Waals surface area (Å²) in [6.45, 7) is 6.24. The summed E-state index contributed by atoms with van der Waals surface area (Å²) in [4.78, 5) is 46.8. The lowest BCUT2D eigenvalue weighted by atomic mass is 10.0. The van der Waals surface area contributed by atoms with Gasteiger partial charge in [-0.3, -0.25) is 24.2 Å². The van der Waals surface area contributed by atoms with E-state index in [4.69, 9.17) is 0 Å². The third kappa shape index (κ3) is 5.49. The van der Waals surface area contributed by atoms with Gasteiger partial charge in [-0.2, -0.15) is 13.2 Å². The van der Waals surface area contributed by atoms with Crippen LogP contribution in [0.25, 0.3) is 0 Å². The molecular weight excluding hydrogens is 485 g/mol. The van der Waals surface area contributed by atoms with Gasteiger partial charge in [-0.25, -0.2) is 0 Å². The Morgan fingerprint density at radius 2 is 1.62 bits per heavy atom. The van der Waals surface area contributed by atoms with Crippen LogP contribution in [-0.2, 0) is 20.6 Å². The lowest BCUT2D eigenvalue weighted by Gasteiger charge is -2.39. The fraction of sp³-hybridized carbons (Fsp3) is 0.444. The Labute approximate surface area is 214 Å². The van der Waals surface area contributed by atoms with Crippen molar-refractivity contribution in [1.29, 1.82) is 0 Å². The smallest absolute Gasteiger partial charge is 0.368 e. The molecule has 37 heavy (non-hydrogen) atoms. The third-order valence-corrected chi connectivity index (χ3v) is 7.15. The lowest BCUT2D eigenvalue weighted by Crippen LogP contribution is -2.53. The molecule has 2 atom stereocenters. The van der Waals surface area contributed by atoms with Gasteiger partial charge in [0.1, 0.15) is 6.04 Å². The van der Waals surface area contributed by atoms with Crippen molar-refractivity contribution in [2.75, 3.05) is 44.2 Å². The number of imide groups is 1. The monoisotopic (exact) mass is 516 g/mol. The molecule has 0 radical (unpaired) electrons. The molecule has 0 aromatic heterocycles. The van der Waals surface area contributed by atoms with Gasteiger partial charge < -0.3 is 9.80 Å². The fourth-order valence-electron chi connectivity index (χ4n) is 5.13. The van der Waals surface area contributed by atoms with Crippen molar-refractivity contribution in [3.63, 3.8) is 0 Å². The second kappa shape index (κ2) is 10.9. The normalized spacial score (nSPS) is 19.6. The molecule has 0 N–H and O–H groups in total. The van der Waals surface area contributed by atoms with Crippen molar-refractivity contribution >= 4 is 23.4 Å². The predicted molar refractivity (Wildman–Crippen MR) is 133 cm³/mol. The quantitative estimate of drug-likeness (QED) is 0.527. The zero-order valence-electron chi connectivity index (χ0n) is 20.9. The van der Waals surface area contributed by atoms with Crippen molar-refractivity contribution in [3.8, 4) is 0 Å². The van der Waals surface area contributed by atoms with Gasteiger partial charge in [-0.05, 0) is 36.9 Å². The second-order valence-corrected chi connectivity index (χ2v) is 9.22. The van der Waals surface area contributed by atoms with Crippen LogP contribution in [0.3, 0.4) is 0 Å². The highest BCUT2D eigenvalue weighted by Gasteiger charge is 2.48. The maximum Gasteiger partial charge on any atom is 0.416 e. The molecule has 2 aromatic carbocycles. The average Bonchev–Trinajstić information content (AvgIpc) is 3.19. The third-order valence-electron chi connectivity index (χ3n) is 7.15. The summed E-state index contributed by atoms with van der Waals surface area (Å²) in [5.41, 5.74) is 0.268. The number of nitrogens with zero attached hydrogens (tertiary/aromatic N) is 4. The van der Waals surface area contributed by atoms with Crippen LogP contribution in [0.1, 0.15) is 37.4 Å². The molecule has 10 heteroatoms. The minimum absolute atomic E-state index is 0.0282. The van der Waals surface area contributed by atoms with Crippen LogP contribution < -0.4 is 4.90 Å². The average molecular weight is 517 g/mol. The van der Waals surface area contributed by atoms with Gasteiger partial charge in [-0.15, -0.1) is 0 Å². The van der Waals surface area contributed by atoms with E-state index < -0.39 is 23.8 Å². The molecule has 2 aliphatic rings. The van der Waals surface area contributed by atoms with Crippen LogP contribution >= 0.6 is 0 Å². The zero-order valence-corrected chi connectivity index (χ0v) is 20.9. The van der Waals surface area contributed by atoms with Crippen LogP contribution in [0.15, 0.2) is 54.6 Å². The number of carbonyl (C=O) groups excluding carboxylic acids is 3. The lowest BCUT2D eigenvalue weighted by molar-refractivity contribution is -0.152. The molecule has 4 rings (SSSR count). The Hall–Kier alpha value is -3.40. The van der Waals surface area contributed by atoms with E-state index in [1.54, 1.807) is 46.2 Å². The molecule has 0 aliphatic carbocycles. The van der Waals surface area contributed by atoms with Gasteiger partial charge in [0.05, 0.1) is 18.0 Å².